The van der Waals surface area contributed by atoms with Crippen molar-refractivity contribution in [3.05, 3.63) is 65.7 Å². The number of rotatable bonds is 11. The van der Waals surface area contributed by atoms with Crippen molar-refractivity contribution in [2.45, 2.75) is 31.7 Å². The van der Waals surface area contributed by atoms with Gasteiger partial charge in [-0.05, 0) is 49.1 Å². The van der Waals surface area contributed by atoms with E-state index in [1.165, 1.54) is 0 Å². The van der Waals surface area contributed by atoms with E-state index in [1.54, 1.807) is 30.3 Å². The lowest BCUT2D eigenvalue weighted by atomic mass is 10.1. The van der Waals surface area contributed by atoms with Crippen LogP contribution in [0.25, 0.3) is 0 Å². The van der Waals surface area contributed by atoms with Crippen molar-refractivity contribution in [1.82, 2.24) is 16.0 Å². The van der Waals surface area contributed by atoms with Gasteiger partial charge >= 0.3 is 5.97 Å². The van der Waals surface area contributed by atoms with Gasteiger partial charge in [-0.25, -0.2) is 4.79 Å². The highest BCUT2D eigenvalue weighted by Gasteiger charge is 2.21. The molecule has 1 amide bonds. The summed E-state index contributed by atoms with van der Waals surface area (Å²) in [5, 5.41) is 18.6. The largest absolute Gasteiger partial charge is 0.494 e. The number of guanidine groups is 1. The Morgan fingerprint density at radius 3 is 2.56 bits per heavy atom. The summed E-state index contributed by atoms with van der Waals surface area (Å²) in [6.45, 7) is 3.30. The predicted molar refractivity (Wildman–Crippen MR) is 123 cm³/mol. The van der Waals surface area contributed by atoms with E-state index in [0.717, 1.165) is 56.2 Å². The molecule has 1 atom stereocenters. The maximum atomic E-state index is 12.3. The first-order chi connectivity index (χ1) is 15.6. The molecule has 0 aromatic heterocycles. The Hall–Kier alpha value is -3.55. The molecule has 8 nitrogen and oxygen atoms in total. The highest BCUT2D eigenvalue weighted by Crippen LogP contribution is 2.14. The van der Waals surface area contributed by atoms with Crippen LogP contribution in [0.3, 0.4) is 0 Å². The number of aliphatic carboxylic acids is 1. The molecule has 4 N–H and O–H groups in total. The number of ether oxygens (including phenoxy) is 1. The molecule has 8 heteroatoms. The second kappa shape index (κ2) is 12.3. The lowest BCUT2D eigenvalue weighted by molar-refractivity contribution is -0.139. The number of nitrogens with one attached hydrogen (secondary N) is 3. The Morgan fingerprint density at radius 1 is 1.09 bits per heavy atom. The van der Waals surface area contributed by atoms with E-state index in [9.17, 15) is 14.7 Å². The Bertz CT molecular complexity index is 900. The molecule has 32 heavy (non-hydrogen) atoms. The number of unbranched alkanes of at least 4 members (excludes halogenated alkanes) is 1. The molecule has 0 unspecified atom stereocenters. The van der Waals surface area contributed by atoms with E-state index >= 15 is 0 Å². The number of carbonyl (C=O) groups excluding carboxylic acids is 1. The van der Waals surface area contributed by atoms with Crippen molar-refractivity contribution in [1.29, 1.82) is 0 Å². The van der Waals surface area contributed by atoms with Crippen LogP contribution in [-0.2, 0) is 11.2 Å². The fraction of sp³-hybridized carbons (Fsp3) is 0.375. The summed E-state index contributed by atoms with van der Waals surface area (Å²) in [5.41, 5.74) is 1.24. The molecule has 0 fully saturated rings. The van der Waals surface area contributed by atoms with E-state index in [1.807, 2.05) is 24.3 Å². The number of benzene rings is 2. The van der Waals surface area contributed by atoms with E-state index < -0.39 is 17.9 Å². The Kier molecular flexibility index (Phi) is 8.92. The average molecular weight is 439 g/mol. The lowest BCUT2D eigenvalue weighted by Crippen LogP contribution is -2.42. The topological polar surface area (TPSA) is 112 Å². The SMILES string of the molecule is O=C(N[C@@H](Cc1ccc(OCCCCNC2=NCCCN2)cc1)C(=O)O)c1ccccc1. The summed E-state index contributed by atoms with van der Waals surface area (Å²) in [5.74, 6) is 0.143. The molecule has 1 heterocycles. The van der Waals surface area contributed by atoms with Gasteiger partial charge in [-0.1, -0.05) is 30.3 Å². The zero-order valence-corrected chi connectivity index (χ0v) is 18.0. The van der Waals surface area contributed by atoms with Crippen LogP contribution in [-0.4, -0.2) is 55.2 Å². The van der Waals surface area contributed by atoms with E-state index in [-0.39, 0.29) is 6.42 Å². The van der Waals surface area contributed by atoms with Crippen molar-refractivity contribution in [3.63, 3.8) is 0 Å². The minimum Gasteiger partial charge on any atom is -0.494 e. The van der Waals surface area contributed by atoms with Crippen LogP contribution in [0.5, 0.6) is 5.75 Å². The maximum absolute atomic E-state index is 12.3. The van der Waals surface area contributed by atoms with Crippen LogP contribution in [0.15, 0.2) is 59.6 Å². The third kappa shape index (κ3) is 7.61. The van der Waals surface area contributed by atoms with Gasteiger partial charge < -0.3 is 25.8 Å². The van der Waals surface area contributed by atoms with Gasteiger partial charge in [-0.15, -0.1) is 0 Å². The molecular weight excluding hydrogens is 408 g/mol. The summed E-state index contributed by atoms with van der Waals surface area (Å²) in [6, 6.07) is 14.9. The number of nitrogens with zero attached hydrogens (tertiary/aromatic N) is 1. The number of amides is 1. The fourth-order valence-electron chi connectivity index (χ4n) is 3.26. The molecule has 1 aliphatic rings. The van der Waals surface area contributed by atoms with Crippen molar-refractivity contribution >= 4 is 17.8 Å². The maximum Gasteiger partial charge on any atom is 0.326 e. The van der Waals surface area contributed by atoms with Gasteiger partial charge in [-0.2, -0.15) is 0 Å². The summed E-state index contributed by atoms with van der Waals surface area (Å²) in [7, 11) is 0. The second-order valence-corrected chi connectivity index (χ2v) is 7.57. The standard InChI is InChI=1S/C24H30N4O4/c29-22(19-7-2-1-3-8-19)28-21(23(30)31)17-18-9-11-20(12-10-18)32-16-5-4-13-25-24-26-14-6-15-27-24/h1-3,7-12,21H,4-6,13-17H2,(H,28,29)(H,30,31)(H2,25,26,27)/t21-/m0/s1. The zero-order chi connectivity index (χ0) is 22.6. The van der Waals surface area contributed by atoms with Crippen LogP contribution in [0.4, 0.5) is 0 Å². The monoisotopic (exact) mass is 438 g/mol. The van der Waals surface area contributed by atoms with Gasteiger partial charge in [0.05, 0.1) is 6.61 Å². The van der Waals surface area contributed by atoms with Crippen molar-refractivity contribution in [2.24, 2.45) is 4.99 Å². The first kappa shape index (κ1) is 23.1. The van der Waals surface area contributed by atoms with E-state index in [2.05, 4.69) is 20.9 Å². The van der Waals surface area contributed by atoms with Gasteiger partial charge in [0.2, 0.25) is 0 Å². The highest BCUT2D eigenvalue weighted by atomic mass is 16.5. The third-order valence-electron chi connectivity index (χ3n) is 5.03. The van der Waals surface area contributed by atoms with Crippen molar-refractivity contribution in [2.75, 3.05) is 26.2 Å². The minimum atomic E-state index is -1.07. The van der Waals surface area contributed by atoms with E-state index in [4.69, 9.17) is 4.74 Å². The molecule has 2 aromatic carbocycles. The highest BCUT2D eigenvalue weighted by molar-refractivity contribution is 5.96. The predicted octanol–water partition coefficient (Wildman–Crippen LogP) is 2.21. The summed E-state index contributed by atoms with van der Waals surface area (Å²) in [4.78, 5) is 28.3. The number of aliphatic imine (C=N–C) groups is 1. The van der Waals surface area contributed by atoms with Crippen LogP contribution >= 0.6 is 0 Å². The van der Waals surface area contributed by atoms with Crippen LogP contribution in [0.1, 0.15) is 35.2 Å². The summed E-state index contributed by atoms with van der Waals surface area (Å²) in [6.07, 6.45) is 3.16. The minimum absolute atomic E-state index is 0.192. The van der Waals surface area contributed by atoms with Crippen LogP contribution in [0, 0.1) is 0 Å². The Balaban J connectivity index is 1.39. The number of carbonyl (C=O) groups is 2. The van der Waals surface area contributed by atoms with Gasteiger partial charge in [0.25, 0.3) is 5.91 Å². The smallest absolute Gasteiger partial charge is 0.326 e. The first-order valence-electron chi connectivity index (χ1n) is 10.9. The number of hydrogen-bond donors (Lipinski definition) is 4. The number of carboxylic acid groups (broad SMARTS) is 1. The Labute approximate surface area is 188 Å². The molecule has 0 saturated heterocycles. The van der Waals surface area contributed by atoms with Crippen molar-refractivity contribution in [3.8, 4) is 5.75 Å². The first-order valence-corrected chi connectivity index (χ1v) is 10.9. The molecule has 3 rings (SSSR count). The molecule has 0 radical (unpaired) electrons. The van der Waals surface area contributed by atoms with Gasteiger partial charge in [-0.3, -0.25) is 9.79 Å². The fourth-order valence-corrected chi connectivity index (χ4v) is 3.26. The van der Waals surface area contributed by atoms with Crippen LogP contribution in [0.2, 0.25) is 0 Å². The van der Waals surface area contributed by atoms with Crippen molar-refractivity contribution < 1.29 is 19.4 Å². The molecule has 170 valence electrons. The average Bonchev–Trinajstić information content (AvgIpc) is 2.83. The zero-order valence-electron chi connectivity index (χ0n) is 18.0. The van der Waals surface area contributed by atoms with Crippen LogP contribution < -0.4 is 20.7 Å². The molecule has 0 bridgehead atoms. The Morgan fingerprint density at radius 2 is 1.88 bits per heavy atom. The third-order valence-corrected chi connectivity index (χ3v) is 5.03. The van der Waals surface area contributed by atoms with Gasteiger partial charge in [0, 0.05) is 31.6 Å². The second-order valence-electron chi connectivity index (χ2n) is 7.57. The summed E-state index contributed by atoms with van der Waals surface area (Å²) >= 11 is 0. The molecule has 2 aromatic rings. The van der Waals surface area contributed by atoms with Gasteiger partial charge in [0.1, 0.15) is 11.8 Å². The summed E-state index contributed by atoms with van der Waals surface area (Å²) < 4.78 is 5.77. The molecule has 0 spiro atoms. The molecule has 0 aliphatic carbocycles. The molecule has 0 saturated carbocycles. The molecular formula is C24H30N4O4. The lowest BCUT2D eigenvalue weighted by Gasteiger charge is -2.16. The van der Waals surface area contributed by atoms with Gasteiger partial charge in [0.15, 0.2) is 5.96 Å². The number of hydrogen-bond acceptors (Lipinski definition) is 6. The molecule has 1 aliphatic heterocycles. The number of carboxylic acids is 1. The van der Waals surface area contributed by atoms with E-state index in [0.29, 0.717) is 12.2 Å². The normalized spacial score (nSPS) is 13.9. The quantitative estimate of drug-likeness (QED) is 0.400.